The zero-order valence-electron chi connectivity index (χ0n) is 20.0. The first-order valence-electron chi connectivity index (χ1n) is 11.5. The van der Waals surface area contributed by atoms with E-state index in [1.54, 1.807) is 6.08 Å². The van der Waals surface area contributed by atoms with Gasteiger partial charge in [-0.25, -0.2) is 0 Å². The Hall–Kier alpha value is -2.57. The van der Waals surface area contributed by atoms with Gasteiger partial charge in [-0.15, -0.1) is 0 Å². The highest BCUT2D eigenvalue weighted by Crippen LogP contribution is 2.39. The van der Waals surface area contributed by atoms with Crippen LogP contribution in [-0.4, -0.2) is 23.1 Å². The summed E-state index contributed by atoms with van der Waals surface area (Å²) in [6.45, 7) is 10.2. The number of carbonyl (C=O) groups is 1. The predicted molar refractivity (Wildman–Crippen MR) is 139 cm³/mol. The van der Waals surface area contributed by atoms with E-state index in [9.17, 15) is 10.0 Å². The normalized spacial score (nSPS) is 15.4. The molecule has 6 heteroatoms. The van der Waals surface area contributed by atoms with Gasteiger partial charge in [0.2, 0.25) is 0 Å². The number of halogens is 1. The number of anilines is 1. The molecule has 0 unspecified atom stereocenters. The molecule has 0 fully saturated rings. The second-order valence-corrected chi connectivity index (χ2v) is 9.57. The number of hydrogen-bond donors (Lipinski definition) is 1. The number of benzene rings is 2. The van der Waals surface area contributed by atoms with E-state index in [-0.39, 0.29) is 11.5 Å². The maximum atomic E-state index is 13.8. The topological polar surface area (TPSA) is 64.6 Å². The molecule has 1 aliphatic rings. The van der Waals surface area contributed by atoms with Gasteiger partial charge in [0.25, 0.3) is 5.91 Å². The highest BCUT2D eigenvalue weighted by molar-refractivity contribution is 9.10. The summed E-state index contributed by atoms with van der Waals surface area (Å²) in [5.74, 6) is 0.0952. The minimum Gasteiger partial charge on any atom is -0.758 e. The van der Waals surface area contributed by atoms with Crippen molar-refractivity contribution in [3.8, 4) is 0 Å². The summed E-state index contributed by atoms with van der Waals surface area (Å²) in [6.07, 6.45) is 4.08. The number of hydrogen-bond acceptors (Lipinski definition) is 4. The van der Waals surface area contributed by atoms with Crippen LogP contribution in [0.3, 0.4) is 0 Å². The van der Waals surface area contributed by atoms with Gasteiger partial charge in [0.05, 0.1) is 12.3 Å². The molecule has 33 heavy (non-hydrogen) atoms. The highest BCUT2D eigenvalue weighted by atomic mass is 79.9. The molecule has 0 radical (unpaired) electrons. The van der Waals surface area contributed by atoms with E-state index in [1.807, 2.05) is 63.2 Å². The molecule has 0 bridgehead atoms. The molecule has 1 heterocycles. The average Bonchev–Trinajstić information content (AvgIpc) is 2.80. The maximum Gasteiger partial charge on any atom is 0.261 e. The lowest BCUT2D eigenvalue weighted by Gasteiger charge is -2.49. The van der Waals surface area contributed by atoms with E-state index in [0.29, 0.717) is 23.6 Å². The molecule has 2 aromatic rings. The summed E-state index contributed by atoms with van der Waals surface area (Å²) < 4.78 is 7.02. The number of amides is 1. The van der Waals surface area contributed by atoms with Gasteiger partial charge >= 0.3 is 0 Å². The molecule has 1 N–H and O–H groups in total. The van der Waals surface area contributed by atoms with E-state index < -0.39 is 5.54 Å². The second kappa shape index (κ2) is 10.6. The SMILES string of the molecule is CCCOC1=CC(C)(C)N([O-])C(c2ccccc2)=C1C(=O)Nc1c(CC)cc(Br)cc1CC. The number of aryl methyl sites for hydroxylation is 2. The lowest BCUT2D eigenvalue weighted by Crippen LogP contribution is -2.42. The van der Waals surface area contributed by atoms with Gasteiger partial charge in [-0.1, -0.05) is 67.0 Å². The standard InChI is InChI=1S/C27H32BrN2O3/c1-6-14-33-22-17-27(4,5)30(32)25(20-12-10-9-11-13-20)23(22)26(31)29-24-18(7-2)15-21(28)16-19(24)8-3/h9-13,15-17H,6-8,14H2,1-5H3,(H,29,31)/q-1. The molecular weight excluding hydrogens is 480 g/mol. The molecule has 1 amide bonds. The third-order valence-corrected chi connectivity index (χ3v) is 6.15. The molecule has 0 aromatic heterocycles. The van der Waals surface area contributed by atoms with Crippen LogP contribution in [0.5, 0.6) is 0 Å². The van der Waals surface area contributed by atoms with Crippen LogP contribution in [0.2, 0.25) is 0 Å². The van der Waals surface area contributed by atoms with Crippen molar-refractivity contribution < 1.29 is 9.53 Å². The van der Waals surface area contributed by atoms with Crippen LogP contribution in [0.15, 0.2) is 64.3 Å². The van der Waals surface area contributed by atoms with E-state index >= 15 is 0 Å². The van der Waals surface area contributed by atoms with Gasteiger partial charge in [-0.3, -0.25) is 4.79 Å². The van der Waals surface area contributed by atoms with E-state index in [2.05, 4.69) is 35.1 Å². The van der Waals surface area contributed by atoms with Crippen LogP contribution in [0.25, 0.3) is 5.70 Å². The summed E-state index contributed by atoms with van der Waals surface area (Å²) in [6, 6.07) is 13.4. The third kappa shape index (κ3) is 5.33. The van der Waals surface area contributed by atoms with Crippen LogP contribution >= 0.6 is 15.9 Å². The van der Waals surface area contributed by atoms with Crippen molar-refractivity contribution in [3.05, 3.63) is 86.2 Å². The van der Waals surface area contributed by atoms with Gasteiger partial charge in [0, 0.05) is 15.7 Å². The Morgan fingerprint density at radius 2 is 1.70 bits per heavy atom. The lowest BCUT2D eigenvalue weighted by atomic mass is 9.91. The van der Waals surface area contributed by atoms with Crippen LogP contribution in [-0.2, 0) is 22.4 Å². The Kier molecular flexibility index (Phi) is 8.03. The molecule has 0 saturated carbocycles. The van der Waals surface area contributed by atoms with Crippen molar-refractivity contribution in [2.45, 2.75) is 59.4 Å². The lowest BCUT2D eigenvalue weighted by molar-refractivity contribution is -0.113. The van der Waals surface area contributed by atoms with Crippen molar-refractivity contribution in [1.29, 1.82) is 0 Å². The van der Waals surface area contributed by atoms with Gasteiger partial charge < -0.3 is 20.3 Å². The molecule has 0 saturated heterocycles. The van der Waals surface area contributed by atoms with Crippen LogP contribution in [0.1, 0.15) is 57.7 Å². The number of ether oxygens (including phenoxy) is 1. The zero-order valence-corrected chi connectivity index (χ0v) is 21.6. The Morgan fingerprint density at radius 3 is 2.24 bits per heavy atom. The first-order chi connectivity index (χ1) is 15.7. The van der Waals surface area contributed by atoms with E-state index in [4.69, 9.17) is 4.74 Å². The Balaban J connectivity index is 2.18. The average molecular weight is 512 g/mol. The minimum absolute atomic E-state index is 0.260. The summed E-state index contributed by atoms with van der Waals surface area (Å²) in [4.78, 5) is 13.8. The predicted octanol–water partition coefficient (Wildman–Crippen LogP) is 6.83. The fourth-order valence-electron chi connectivity index (χ4n) is 3.98. The van der Waals surface area contributed by atoms with Crippen molar-refractivity contribution >= 4 is 33.2 Å². The van der Waals surface area contributed by atoms with Gasteiger partial charge in [-0.2, -0.15) is 0 Å². The van der Waals surface area contributed by atoms with Crippen molar-refractivity contribution in [3.63, 3.8) is 0 Å². The van der Waals surface area contributed by atoms with E-state index in [0.717, 1.165) is 45.6 Å². The van der Waals surface area contributed by atoms with Crippen molar-refractivity contribution in [1.82, 2.24) is 5.06 Å². The minimum atomic E-state index is -0.862. The molecule has 176 valence electrons. The number of rotatable bonds is 8. The van der Waals surface area contributed by atoms with Crippen LogP contribution < -0.4 is 5.32 Å². The quantitative estimate of drug-likeness (QED) is 0.421. The molecule has 2 aromatic carbocycles. The first kappa shape index (κ1) is 25.1. The molecule has 0 spiro atoms. The van der Waals surface area contributed by atoms with Crippen LogP contribution in [0.4, 0.5) is 5.69 Å². The largest absolute Gasteiger partial charge is 0.758 e. The summed E-state index contributed by atoms with van der Waals surface area (Å²) in [7, 11) is 0. The van der Waals surface area contributed by atoms with Gasteiger partial charge in [-0.05, 0) is 68.0 Å². The highest BCUT2D eigenvalue weighted by Gasteiger charge is 2.34. The molecule has 5 nitrogen and oxygen atoms in total. The maximum absolute atomic E-state index is 13.8. The van der Waals surface area contributed by atoms with Gasteiger partial charge in [0.1, 0.15) is 11.3 Å². The van der Waals surface area contributed by atoms with E-state index in [1.165, 1.54) is 0 Å². The summed E-state index contributed by atoms with van der Waals surface area (Å²) in [5.41, 5.74) is 3.26. The third-order valence-electron chi connectivity index (χ3n) is 5.70. The molecular formula is C27H32BrN2O3-. The monoisotopic (exact) mass is 511 g/mol. The number of nitrogens with one attached hydrogen (secondary N) is 1. The Labute approximate surface area is 205 Å². The van der Waals surface area contributed by atoms with Crippen LogP contribution in [0, 0.1) is 5.21 Å². The van der Waals surface area contributed by atoms with Crippen molar-refractivity contribution in [2.24, 2.45) is 0 Å². The second-order valence-electron chi connectivity index (χ2n) is 8.65. The Morgan fingerprint density at radius 1 is 1.09 bits per heavy atom. The number of hydroxylamine groups is 2. The first-order valence-corrected chi connectivity index (χ1v) is 12.3. The molecule has 0 atom stereocenters. The number of carbonyl (C=O) groups excluding carboxylic acids is 1. The molecule has 3 rings (SSSR count). The molecule has 1 aliphatic heterocycles. The zero-order chi connectivity index (χ0) is 24.2. The Bertz CT molecular complexity index is 1050. The smallest absolute Gasteiger partial charge is 0.261 e. The fraction of sp³-hybridized carbons (Fsp3) is 0.370. The summed E-state index contributed by atoms with van der Waals surface area (Å²) >= 11 is 3.57. The van der Waals surface area contributed by atoms with Crippen molar-refractivity contribution in [2.75, 3.05) is 11.9 Å². The molecule has 0 aliphatic carbocycles. The summed E-state index contributed by atoms with van der Waals surface area (Å²) in [5, 5.41) is 17.5. The van der Waals surface area contributed by atoms with Gasteiger partial charge in [0.15, 0.2) is 0 Å². The number of nitrogens with zero attached hydrogens (tertiary/aromatic N) is 1. The fourth-order valence-corrected chi connectivity index (χ4v) is 4.53.